The summed E-state index contributed by atoms with van der Waals surface area (Å²) in [5.74, 6) is -3.00. The van der Waals surface area contributed by atoms with Crippen LogP contribution in [0.3, 0.4) is 0 Å². The van der Waals surface area contributed by atoms with Crippen LogP contribution in [0.1, 0.15) is 33.2 Å². The van der Waals surface area contributed by atoms with E-state index >= 15 is 0 Å². The van der Waals surface area contributed by atoms with E-state index in [9.17, 15) is 14.4 Å². The number of ether oxygens (including phenoxy) is 1. The Hall–Kier alpha value is -2.41. The summed E-state index contributed by atoms with van der Waals surface area (Å²) in [7, 11) is 0. The molecule has 0 aliphatic carbocycles. The molecule has 0 radical (unpaired) electrons. The maximum Gasteiger partial charge on any atom is 0.336 e. The number of aliphatic hydroxyl groups excluding tert-OH is 1. The number of carbonyl (C=O) groups is 3. The van der Waals surface area contributed by atoms with Crippen LogP contribution in [-0.4, -0.2) is 46.4 Å². The van der Waals surface area contributed by atoms with Crippen molar-refractivity contribution in [1.29, 1.82) is 0 Å². The second-order valence-corrected chi connectivity index (χ2v) is 3.57. The average molecular weight is 284 g/mol. The van der Waals surface area contributed by atoms with Crippen molar-refractivity contribution < 1.29 is 34.4 Å². The standard InChI is InChI=1S/C9H8O4.C4H8O3/c1-5-3-2-4-6(8(10)11)7(5)9(12)13;1-2-7-4(6)3-5/h2-4H,1H3,(H,10,11)(H,12,13);5H,2-3H2,1H3. The largest absolute Gasteiger partial charge is 0.478 e. The lowest BCUT2D eigenvalue weighted by molar-refractivity contribution is -0.146. The molecule has 0 aliphatic rings. The fourth-order valence-corrected chi connectivity index (χ4v) is 1.34. The lowest BCUT2D eigenvalue weighted by Gasteiger charge is -2.03. The highest BCUT2D eigenvalue weighted by Gasteiger charge is 2.17. The molecule has 7 nitrogen and oxygen atoms in total. The molecular weight excluding hydrogens is 268 g/mol. The monoisotopic (exact) mass is 284 g/mol. The predicted molar refractivity (Wildman–Crippen MR) is 68.8 cm³/mol. The minimum absolute atomic E-state index is 0.144. The van der Waals surface area contributed by atoms with Gasteiger partial charge < -0.3 is 20.1 Å². The summed E-state index contributed by atoms with van der Waals surface area (Å²) in [6, 6.07) is 4.36. The third-order valence-electron chi connectivity index (χ3n) is 2.15. The van der Waals surface area contributed by atoms with Crippen molar-refractivity contribution >= 4 is 17.9 Å². The number of carbonyl (C=O) groups excluding carboxylic acids is 1. The Balaban J connectivity index is 0.000000441. The van der Waals surface area contributed by atoms with Gasteiger partial charge in [-0.3, -0.25) is 0 Å². The number of aromatic carboxylic acids is 2. The van der Waals surface area contributed by atoms with Crippen molar-refractivity contribution in [2.45, 2.75) is 13.8 Å². The van der Waals surface area contributed by atoms with Gasteiger partial charge in [-0.15, -0.1) is 0 Å². The molecule has 110 valence electrons. The van der Waals surface area contributed by atoms with Crippen LogP contribution in [0, 0.1) is 6.92 Å². The number of aliphatic hydroxyl groups is 1. The number of carboxylic acid groups (broad SMARTS) is 2. The zero-order chi connectivity index (χ0) is 15.7. The van der Waals surface area contributed by atoms with Crippen molar-refractivity contribution in [3.05, 3.63) is 34.9 Å². The van der Waals surface area contributed by atoms with Crippen molar-refractivity contribution in [2.75, 3.05) is 13.2 Å². The van der Waals surface area contributed by atoms with Crippen molar-refractivity contribution in [3.8, 4) is 0 Å². The Kier molecular flexibility index (Phi) is 7.61. The van der Waals surface area contributed by atoms with Crippen molar-refractivity contribution in [2.24, 2.45) is 0 Å². The van der Waals surface area contributed by atoms with Gasteiger partial charge in [-0.05, 0) is 25.5 Å². The summed E-state index contributed by atoms with van der Waals surface area (Å²) < 4.78 is 4.30. The number of hydrogen-bond donors (Lipinski definition) is 3. The number of esters is 1. The second-order valence-electron chi connectivity index (χ2n) is 3.57. The van der Waals surface area contributed by atoms with Crippen LogP contribution in [0.15, 0.2) is 18.2 Å². The highest BCUT2D eigenvalue weighted by Crippen LogP contribution is 2.13. The summed E-state index contributed by atoms with van der Waals surface area (Å²) in [5, 5.41) is 25.4. The van der Waals surface area contributed by atoms with Crippen LogP contribution in [0.25, 0.3) is 0 Å². The van der Waals surface area contributed by atoms with Gasteiger partial charge in [-0.2, -0.15) is 0 Å². The molecule has 0 aromatic heterocycles. The molecule has 0 atom stereocenters. The zero-order valence-electron chi connectivity index (χ0n) is 11.1. The Morgan fingerprint density at radius 1 is 1.15 bits per heavy atom. The summed E-state index contributed by atoms with van der Waals surface area (Å²) in [5.41, 5.74) is 0.134. The molecule has 7 heteroatoms. The highest BCUT2D eigenvalue weighted by atomic mass is 16.5. The molecule has 3 N–H and O–H groups in total. The van der Waals surface area contributed by atoms with Gasteiger partial charge in [0, 0.05) is 0 Å². The molecule has 0 spiro atoms. The lowest BCUT2D eigenvalue weighted by atomic mass is 10.0. The van der Waals surface area contributed by atoms with E-state index in [0.717, 1.165) is 0 Å². The molecule has 0 amide bonds. The maximum absolute atomic E-state index is 10.7. The van der Waals surface area contributed by atoms with Crippen LogP contribution in [-0.2, 0) is 9.53 Å². The molecule has 1 aromatic rings. The maximum atomic E-state index is 10.7. The zero-order valence-corrected chi connectivity index (χ0v) is 11.1. The van der Waals surface area contributed by atoms with E-state index in [1.165, 1.54) is 12.1 Å². The van der Waals surface area contributed by atoms with E-state index in [1.807, 2.05) is 0 Å². The van der Waals surface area contributed by atoms with Crippen molar-refractivity contribution in [1.82, 2.24) is 0 Å². The predicted octanol–water partition coefficient (Wildman–Crippen LogP) is 0.933. The van der Waals surface area contributed by atoms with Crippen LogP contribution >= 0.6 is 0 Å². The minimum atomic E-state index is -1.22. The van der Waals surface area contributed by atoms with Crippen LogP contribution in [0.4, 0.5) is 0 Å². The van der Waals surface area contributed by atoms with Gasteiger partial charge in [0.1, 0.15) is 6.61 Å². The first kappa shape index (κ1) is 17.6. The summed E-state index contributed by atoms with van der Waals surface area (Å²) in [6.45, 7) is 3.07. The van der Waals surface area contributed by atoms with Gasteiger partial charge in [-0.25, -0.2) is 14.4 Å². The molecular formula is C13H16O7. The van der Waals surface area contributed by atoms with Gasteiger partial charge in [0.25, 0.3) is 0 Å². The SMILES string of the molecule is CCOC(=O)CO.Cc1cccc(C(=O)O)c1C(=O)O. The van der Waals surface area contributed by atoms with Gasteiger partial charge in [0.05, 0.1) is 17.7 Å². The lowest BCUT2D eigenvalue weighted by Crippen LogP contribution is -2.09. The highest BCUT2D eigenvalue weighted by molar-refractivity contribution is 6.02. The number of aryl methyl sites for hydroxylation is 1. The number of benzene rings is 1. The van der Waals surface area contributed by atoms with Crippen LogP contribution < -0.4 is 0 Å². The van der Waals surface area contributed by atoms with E-state index in [0.29, 0.717) is 12.2 Å². The Morgan fingerprint density at radius 2 is 1.75 bits per heavy atom. The second kappa shape index (κ2) is 8.65. The van der Waals surface area contributed by atoms with Crippen LogP contribution in [0.5, 0.6) is 0 Å². The Labute approximate surface area is 115 Å². The van der Waals surface area contributed by atoms with Crippen molar-refractivity contribution in [3.63, 3.8) is 0 Å². The van der Waals surface area contributed by atoms with Gasteiger partial charge in [0.15, 0.2) is 0 Å². The molecule has 20 heavy (non-hydrogen) atoms. The molecule has 0 bridgehead atoms. The molecule has 0 heterocycles. The Morgan fingerprint density at radius 3 is 2.05 bits per heavy atom. The fourth-order valence-electron chi connectivity index (χ4n) is 1.34. The molecule has 0 unspecified atom stereocenters. The fraction of sp³-hybridized carbons (Fsp3) is 0.308. The molecule has 1 rings (SSSR count). The number of hydrogen-bond acceptors (Lipinski definition) is 5. The molecule has 0 saturated heterocycles. The first-order valence-corrected chi connectivity index (χ1v) is 5.67. The van der Waals surface area contributed by atoms with Gasteiger partial charge >= 0.3 is 17.9 Å². The number of rotatable bonds is 4. The molecule has 1 aromatic carbocycles. The van der Waals surface area contributed by atoms with E-state index in [-0.39, 0.29) is 11.1 Å². The third-order valence-corrected chi connectivity index (χ3v) is 2.15. The first-order chi connectivity index (χ1) is 9.34. The Bertz CT molecular complexity index is 493. The number of carboxylic acids is 2. The normalized spacial score (nSPS) is 9.15. The molecule has 0 aliphatic heterocycles. The first-order valence-electron chi connectivity index (χ1n) is 5.67. The van der Waals surface area contributed by atoms with Gasteiger partial charge in [0.2, 0.25) is 0 Å². The van der Waals surface area contributed by atoms with E-state index in [1.54, 1.807) is 19.9 Å². The minimum Gasteiger partial charge on any atom is -0.478 e. The third kappa shape index (κ3) is 5.49. The van der Waals surface area contributed by atoms with E-state index < -0.39 is 24.5 Å². The summed E-state index contributed by atoms with van der Waals surface area (Å²) >= 11 is 0. The quantitative estimate of drug-likeness (QED) is 0.703. The van der Waals surface area contributed by atoms with E-state index in [4.69, 9.17) is 15.3 Å². The molecule has 0 saturated carbocycles. The van der Waals surface area contributed by atoms with Crippen LogP contribution in [0.2, 0.25) is 0 Å². The van der Waals surface area contributed by atoms with E-state index in [2.05, 4.69) is 4.74 Å². The van der Waals surface area contributed by atoms with Gasteiger partial charge in [-0.1, -0.05) is 12.1 Å². The topological polar surface area (TPSA) is 121 Å². The summed E-state index contributed by atoms with van der Waals surface area (Å²) in [6.07, 6.45) is 0. The smallest absolute Gasteiger partial charge is 0.336 e. The average Bonchev–Trinajstić information content (AvgIpc) is 2.38. The summed E-state index contributed by atoms with van der Waals surface area (Å²) in [4.78, 5) is 31.2. The molecule has 0 fully saturated rings.